The summed E-state index contributed by atoms with van der Waals surface area (Å²) < 4.78 is 10.1. The lowest BCUT2D eigenvalue weighted by Gasteiger charge is -2.18. The van der Waals surface area contributed by atoms with Crippen LogP contribution in [0.2, 0.25) is 0 Å². The van der Waals surface area contributed by atoms with Gasteiger partial charge in [-0.1, -0.05) is 25.6 Å². The van der Waals surface area contributed by atoms with Crippen molar-refractivity contribution < 1.29 is 19.5 Å². The molecule has 3 rings (SSSR count). The lowest BCUT2D eigenvalue weighted by molar-refractivity contribution is -0.105. The predicted octanol–water partition coefficient (Wildman–Crippen LogP) is 1.74. The molecule has 1 N–H and O–H groups in total. The Kier molecular flexibility index (Phi) is 8.00. The van der Waals surface area contributed by atoms with Gasteiger partial charge < -0.3 is 14.4 Å². The Labute approximate surface area is 198 Å². The highest BCUT2D eigenvalue weighted by molar-refractivity contribution is 7.98. The number of hydrogen-bond donors (Lipinski definition) is 1. The van der Waals surface area contributed by atoms with Crippen molar-refractivity contribution in [2.45, 2.75) is 32.1 Å². The SMILES string of the molecule is CON(CCO)C(=O)Oc1c(Cn2ccnc2SC)sc2c1c(=O)n(C)c(=O)n2CC(C)C. The zero-order valence-electron chi connectivity index (χ0n) is 19.1. The van der Waals surface area contributed by atoms with Crippen LogP contribution in [-0.2, 0) is 25.0 Å². The van der Waals surface area contributed by atoms with Gasteiger partial charge in [0, 0.05) is 26.0 Å². The van der Waals surface area contributed by atoms with Crippen molar-refractivity contribution >= 4 is 39.4 Å². The van der Waals surface area contributed by atoms with E-state index in [0.717, 1.165) is 14.8 Å². The van der Waals surface area contributed by atoms with Gasteiger partial charge in [-0.05, 0) is 12.2 Å². The first-order valence-corrected chi connectivity index (χ1v) is 12.2. The largest absolute Gasteiger partial charge is 0.439 e. The van der Waals surface area contributed by atoms with Gasteiger partial charge >= 0.3 is 11.8 Å². The Hall–Kier alpha value is -2.61. The third kappa shape index (κ3) is 5.00. The molecule has 0 aromatic carbocycles. The number of aliphatic hydroxyl groups excluding tert-OH is 1. The quantitative estimate of drug-likeness (QED) is 0.351. The number of hydrogen-bond acceptors (Lipinski definition) is 9. The summed E-state index contributed by atoms with van der Waals surface area (Å²) in [6.45, 7) is 4.18. The topological polar surface area (TPSA) is 121 Å². The number of thiophene rings is 1. The molecular weight excluding hydrogens is 470 g/mol. The van der Waals surface area contributed by atoms with Crippen molar-refractivity contribution in [3.8, 4) is 5.75 Å². The van der Waals surface area contributed by atoms with Gasteiger partial charge in [-0.2, -0.15) is 5.06 Å². The van der Waals surface area contributed by atoms with Gasteiger partial charge in [0.1, 0.15) is 10.2 Å². The van der Waals surface area contributed by atoms with Crippen LogP contribution in [0.4, 0.5) is 4.79 Å². The number of nitrogens with zero attached hydrogens (tertiary/aromatic N) is 5. The number of fused-ring (bicyclic) bond motifs is 1. The van der Waals surface area contributed by atoms with E-state index in [2.05, 4.69) is 4.98 Å². The van der Waals surface area contributed by atoms with Crippen molar-refractivity contribution in [2.75, 3.05) is 26.5 Å². The smallest absolute Gasteiger partial charge is 0.406 e. The minimum absolute atomic E-state index is 0.0684. The fourth-order valence-electron chi connectivity index (χ4n) is 3.34. The van der Waals surface area contributed by atoms with Crippen LogP contribution in [0, 0.1) is 5.92 Å². The fraction of sp³-hybridized carbons (Fsp3) is 0.500. The van der Waals surface area contributed by atoms with Crippen LogP contribution in [-0.4, -0.2) is 61.5 Å². The van der Waals surface area contributed by atoms with Gasteiger partial charge in [-0.15, -0.1) is 11.3 Å². The van der Waals surface area contributed by atoms with Crippen LogP contribution in [0.25, 0.3) is 10.2 Å². The Bertz CT molecular complexity index is 1260. The first-order chi connectivity index (χ1) is 15.7. The number of imidazole rings is 1. The number of aliphatic hydroxyl groups is 1. The highest BCUT2D eigenvalue weighted by atomic mass is 32.2. The first-order valence-electron chi connectivity index (χ1n) is 10.2. The van der Waals surface area contributed by atoms with Crippen molar-refractivity contribution in [1.82, 2.24) is 23.7 Å². The van der Waals surface area contributed by atoms with Gasteiger partial charge in [-0.25, -0.2) is 14.6 Å². The van der Waals surface area contributed by atoms with Gasteiger partial charge in [0.05, 0.1) is 31.7 Å². The van der Waals surface area contributed by atoms with Crippen molar-refractivity contribution in [3.63, 3.8) is 0 Å². The zero-order valence-corrected chi connectivity index (χ0v) is 20.7. The summed E-state index contributed by atoms with van der Waals surface area (Å²) in [7, 11) is 2.68. The van der Waals surface area contributed by atoms with Crippen LogP contribution in [0.3, 0.4) is 0 Å². The van der Waals surface area contributed by atoms with Crippen LogP contribution in [0.5, 0.6) is 5.75 Å². The molecule has 3 heterocycles. The molecule has 0 aliphatic heterocycles. The van der Waals surface area contributed by atoms with E-state index in [9.17, 15) is 19.5 Å². The normalized spacial score (nSPS) is 11.5. The van der Waals surface area contributed by atoms with E-state index in [1.54, 1.807) is 12.4 Å². The third-order valence-electron chi connectivity index (χ3n) is 4.83. The van der Waals surface area contributed by atoms with E-state index >= 15 is 0 Å². The molecular formula is C20H27N5O6S2. The van der Waals surface area contributed by atoms with Gasteiger partial charge in [0.25, 0.3) is 5.56 Å². The molecule has 13 heteroatoms. The molecule has 180 valence electrons. The van der Waals surface area contributed by atoms with Gasteiger partial charge in [0.2, 0.25) is 0 Å². The number of carbonyl (C=O) groups is 1. The predicted molar refractivity (Wildman–Crippen MR) is 126 cm³/mol. The van der Waals surface area contributed by atoms with Crippen LogP contribution >= 0.6 is 23.1 Å². The Morgan fingerprint density at radius 3 is 2.70 bits per heavy atom. The molecule has 0 aliphatic rings. The minimum Gasteiger partial charge on any atom is -0.406 e. The average Bonchev–Trinajstić information content (AvgIpc) is 3.38. The van der Waals surface area contributed by atoms with E-state index in [4.69, 9.17) is 9.57 Å². The van der Waals surface area contributed by atoms with E-state index < -0.39 is 17.3 Å². The maximum atomic E-state index is 13.2. The van der Waals surface area contributed by atoms with Crippen molar-refractivity contribution in [1.29, 1.82) is 0 Å². The number of amides is 1. The summed E-state index contributed by atoms with van der Waals surface area (Å²) in [6, 6.07) is 0. The average molecular weight is 498 g/mol. The highest BCUT2D eigenvalue weighted by Gasteiger charge is 2.27. The second kappa shape index (κ2) is 10.5. The molecule has 3 aromatic rings. The molecule has 3 aromatic heterocycles. The van der Waals surface area contributed by atoms with Crippen LogP contribution in [0.15, 0.2) is 27.1 Å². The summed E-state index contributed by atoms with van der Waals surface area (Å²) in [5.41, 5.74) is -0.986. The van der Waals surface area contributed by atoms with Crippen molar-refractivity contribution in [3.05, 3.63) is 38.1 Å². The van der Waals surface area contributed by atoms with E-state index in [-0.39, 0.29) is 36.8 Å². The van der Waals surface area contributed by atoms with Crippen LogP contribution < -0.4 is 16.0 Å². The molecule has 0 spiro atoms. The minimum atomic E-state index is -0.883. The van der Waals surface area contributed by atoms with E-state index in [1.165, 1.54) is 41.8 Å². The number of rotatable bonds is 9. The molecule has 0 radical (unpaired) electrons. The molecule has 1 amide bonds. The lowest BCUT2D eigenvalue weighted by Crippen LogP contribution is -2.39. The number of hydroxylamine groups is 2. The maximum absolute atomic E-state index is 13.2. The molecule has 0 atom stereocenters. The van der Waals surface area contributed by atoms with E-state index in [0.29, 0.717) is 16.3 Å². The Balaban J connectivity index is 2.25. The second-order valence-electron chi connectivity index (χ2n) is 7.60. The molecule has 0 fully saturated rings. The highest BCUT2D eigenvalue weighted by Crippen LogP contribution is 2.37. The summed E-state index contributed by atoms with van der Waals surface area (Å²) in [4.78, 5) is 49.1. The van der Waals surface area contributed by atoms with E-state index in [1.807, 2.05) is 24.7 Å². The number of aromatic nitrogens is 4. The monoisotopic (exact) mass is 497 g/mol. The Morgan fingerprint density at radius 2 is 2.09 bits per heavy atom. The van der Waals surface area contributed by atoms with Crippen molar-refractivity contribution in [2.24, 2.45) is 13.0 Å². The Morgan fingerprint density at radius 1 is 1.36 bits per heavy atom. The molecule has 0 aliphatic carbocycles. The number of ether oxygens (including phenoxy) is 1. The molecule has 33 heavy (non-hydrogen) atoms. The first kappa shape index (κ1) is 25.0. The fourth-order valence-corrected chi connectivity index (χ4v) is 5.08. The van der Waals surface area contributed by atoms with Gasteiger partial charge in [0.15, 0.2) is 10.9 Å². The second-order valence-corrected chi connectivity index (χ2v) is 9.46. The standard InChI is InChI=1S/C20H27N5O6S2/c1-12(2)10-24-17-14(16(27)22(3)19(24)28)15(31-20(29)25(30-4)8-9-26)13(33-17)11-23-7-6-21-18(23)32-5/h6-7,12,26H,8-11H2,1-5H3. The molecule has 11 nitrogen and oxygen atoms in total. The van der Waals surface area contributed by atoms with Crippen LogP contribution in [0.1, 0.15) is 18.7 Å². The maximum Gasteiger partial charge on any atom is 0.439 e. The van der Waals surface area contributed by atoms with Gasteiger partial charge in [-0.3, -0.25) is 18.8 Å². The summed E-state index contributed by atoms with van der Waals surface area (Å²) >= 11 is 2.68. The number of thioether (sulfide) groups is 1. The summed E-state index contributed by atoms with van der Waals surface area (Å²) in [6.07, 6.45) is 4.46. The molecule has 0 bridgehead atoms. The third-order valence-corrected chi connectivity index (χ3v) is 6.72. The molecule has 0 unspecified atom stereocenters. The summed E-state index contributed by atoms with van der Waals surface area (Å²) in [5.74, 6) is 0.212. The molecule has 0 saturated heterocycles. The zero-order chi connectivity index (χ0) is 24.3. The lowest BCUT2D eigenvalue weighted by atomic mass is 10.2. The summed E-state index contributed by atoms with van der Waals surface area (Å²) in [5, 5.41) is 10.9. The molecule has 0 saturated carbocycles. The number of carbonyl (C=O) groups excluding carboxylic acids is 1.